The zero-order chi connectivity index (χ0) is 23.0. The minimum Gasteiger partial charge on any atom is -0.504 e. The maximum Gasteiger partial charge on any atom is 0.282 e. The lowest BCUT2D eigenvalue weighted by Gasteiger charge is -2.31. The summed E-state index contributed by atoms with van der Waals surface area (Å²) < 4.78 is 17.6. The lowest BCUT2D eigenvalue weighted by molar-refractivity contribution is 0.0209. The monoisotopic (exact) mass is 448 g/mol. The summed E-state index contributed by atoms with van der Waals surface area (Å²) in [4.78, 5) is 11.9. The van der Waals surface area contributed by atoms with E-state index in [2.05, 4.69) is 0 Å². The topological polar surface area (TPSA) is 154 Å². The fraction of sp³-hybridized carbons (Fsp3) is 0.125. The Kier molecular flexibility index (Phi) is 3.84. The summed E-state index contributed by atoms with van der Waals surface area (Å²) in [5, 5.41) is 51.8. The van der Waals surface area contributed by atoms with Crippen LogP contribution >= 0.6 is 0 Å². The molecule has 0 spiro atoms. The number of fused-ring (bicyclic) bond motifs is 4. The molecule has 0 saturated heterocycles. The Labute approximate surface area is 183 Å². The first-order valence-electron chi connectivity index (χ1n) is 10.0. The van der Waals surface area contributed by atoms with Crippen LogP contribution < -0.4 is 10.2 Å². The summed E-state index contributed by atoms with van der Waals surface area (Å²) in [5.74, 6) is -1.17. The van der Waals surface area contributed by atoms with Crippen molar-refractivity contribution in [2.75, 3.05) is 0 Å². The number of ether oxygens (including phenoxy) is 1. The van der Waals surface area contributed by atoms with Gasteiger partial charge < -0.3 is 39.1 Å². The van der Waals surface area contributed by atoms with Crippen LogP contribution in [-0.2, 0) is 6.42 Å². The Morgan fingerprint density at radius 2 is 1.64 bits per heavy atom. The molecule has 33 heavy (non-hydrogen) atoms. The SMILES string of the molecule is O=c1cc2oc3cc4c(c5oc(O)cc(c2cc1O)c35)C[C@H](O)[C@@H](c1ccc(O)c(O)c1)O4. The molecule has 0 saturated carbocycles. The molecule has 2 aromatic heterocycles. The molecule has 5 aromatic rings. The normalized spacial score (nSPS) is 18.0. The second kappa shape index (κ2) is 6.57. The number of phenolic OH excluding ortho intramolecular Hbond substituents is 3. The summed E-state index contributed by atoms with van der Waals surface area (Å²) in [6.07, 6.45) is -1.78. The second-order valence-corrected chi connectivity index (χ2v) is 8.03. The maximum atomic E-state index is 11.9. The summed E-state index contributed by atoms with van der Waals surface area (Å²) in [5.41, 5.74) is 1.08. The van der Waals surface area contributed by atoms with E-state index in [4.69, 9.17) is 13.6 Å². The van der Waals surface area contributed by atoms with Crippen molar-refractivity contribution in [3.8, 4) is 28.9 Å². The molecule has 3 heterocycles. The summed E-state index contributed by atoms with van der Waals surface area (Å²) in [6, 6.07) is 9.54. The Morgan fingerprint density at radius 3 is 2.42 bits per heavy atom. The van der Waals surface area contributed by atoms with E-state index >= 15 is 0 Å². The minimum atomic E-state index is -1.03. The largest absolute Gasteiger partial charge is 0.504 e. The van der Waals surface area contributed by atoms with E-state index in [1.54, 1.807) is 6.07 Å². The van der Waals surface area contributed by atoms with Gasteiger partial charge in [-0.05, 0) is 23.8 Å². The summed E-state index contributed by atoms with van der Waals surface area (Å²) >= 11 is 0. The lowest BCUT2D eigenvalue weighted by Crippen LogP contribution is -2.30. The van der Waals surface area contributed by atoms with Gasteiger partial charge in [-0.1, -0.05) is 6.07 Å². The average molecular weight is 448 g/mol. The molecule has 2 atom stereocenters. The fourth-order valence-electron chi connectivity index (χ4n) is 4.44. The molecule has 5 N–H and O–H groups in total. The zero-order valence-corrected chi connectivity index (χ0v) is 16.8. The third-order valence-corrected chi connectivity index (χ3v) is 5.97. The highest BCUT2D eigenvalue weighted by Gasteiger charge is 2.34. The molecule has 1 aliphatic heterocycles. The van der Waals surface area contributed by atoms with Gasteiger partial charge in [0.05, 0.1) is 11.5 Å². The molecule has 0 fully saturated rings. The lowest BCUT2D eigenvalue weighted by atomic mass is 9.92. The number of aliphatic hydroxyl groups is 1. The Morgan fingerprint density at radius 1 is 0.818 bits per heavy atom. The van der Waals surface area contributed by atoms with Gasteiger partial charge in [0.15, 0.2) is 17.2 Å². The Hall–Kier alpha value is -4.37. The van der Waals surface area contributed by atoms with Crippen LogP contribution in [0.5, 0.6) is 28.9 Å². The number of aromatic hydroxyl groups is 4. The number of benzene rings is 3. The van der Waals surface area contributed by atoms with Gasteiger partial charge in [0.25, 0.3) is 5.95 Å². The highest BCUT2D eigenvalue weighted by Crippen LogP contribution is 2.46. The minimum absolute atomic E-state index is 0.0996. The van der Waals surface area contributed by atoms with Gasteiger partial charge in [-0.25, -0.2) is 0 Å². The van der Waals surface area contributed by atoms with E-state index in [1.165, 1.54) is 30.3 Å². The molecule has 166 valence electrons. The molecule has 9 nitrogen and oxygen atoms in total. The number of hydrogen-bond acceptors (Lipinski definition) is 9. The summed E-state index contributed by atoms with van der Waals surface area (Å²) in [7, 11) is 0. The molecule has 6 rings (SSSR count). The molecule has 0 unspecified atom stereocenters. The molecule has 0 aliphatic carbocycles. The van der Waals surface area contributed by atoms with Gasteiger partial charge in [-0.2, -0.15) is 0 Å². The second-order valence-electron chi connectivity index (χ2n) is 8.03. The van der Waals surface area contributed by atoms with Gasteiger partial charge in [-0.15, -0.1) is 0 Å². The van der Waals surface area contributed by atoms with Crippen molar-refractivity contribution in [2.24, 2.45) is 0 Å². The first kappa shape index (κ1) is 19.3. The molecule has 0 amide bonds. The van der Waals surface area contributed by atoms with Gasteiger partial charge in [0.1, 0.15) is 28.6 Å². The van der Waals surface area contributed by atoms with Gasteiger partial charge in [0, 0.05) is 41.0 Å². The highest BCUT2D eigenvalue weighted by molar-refractivity contribution is 6.17. The number of hydrogen-bond donors (Lipinski definition) is 5. The van der Waals surface area contributed by atoms with Crippen molar-refractivity contribution in [2.45, 2.75) is 18.6 Å². The highest BCUT2D eigenvalue weighted by atomic mass is 16.5. The van der Waals surface area contributed by atoms with Gasteiger partial charge in [-0.3, -0.25) is 4.79 Å². The van der Waals surface area contributed by atoms with E-state index in [9.17, 15) is 30.3 Å². The van der Waals surface area contributed by atoms with Crippen LogP contribution in [0.1, 0.15) is 17.2 Å². The molecule has 9 heteroatoms. The standard InChI is InChI=1S/C24H16O9/c25-13-2-1-9(3-14(13)26)23-17(29)5-12-19(32-23)8-20-22-11(6-21(30)33-24(12)22)10-4-15(27)16(28)7-18(10)31-20/h1-4,6-8,17,23,25-27,29-30H,5H2/t17-,23+/m0/s1. The third-order valence-electron chi connectivity index (χ3n) is 5.97. The van der Waals surface area contributed by atoms with Crippen LogP contribution in [0.2, 0.25) is 0 Å². The number of rotatable bonds is 1. The van der Waals surface area contributed by atoms with Crippen LogP contribution in [0, 0.1) is 0 Å². The zero-order valence-electron chi connectivity index (χ0n) is 16.8. The first-order valence-corrected chi connectivity index (χ1v) is 10.0. The van der Waals surface area contributed by atoms with Gasteiger partial charge in [0.2, 0.25) is 5.43 Å². The smallest absolute Gasteiger partial charge is 0.282 e. The van der Waals surface area contributed by atoms with Crippen LogP contribution in [0.25, 0.3) is 32.9 Å². The van der Waals surface area contributed by atoms with Crippen molar-refractivity contribution in [3.63, 3.8) is 0 Å². The Balaban J connectivity index is 1.62. The predicted molar refractivity (Wildman–Crippen MR) is 116 cm³/mol. The fourth-order valence-corrected chi connectivity index (χ4v) is 4.44. The summed E-state index contributed by atoms with van der Waals surface area (Å²) in [6.45, 7) is 0. The number of aliphatic hydroxyl groups excluding tert-OH is 1. The molecular formula is C24H16O9. The van der Waals surface area contributed by atoms with Crippen molar-refractivity contribution >= 4 is 32.9 Å². The third kappa shape index (κ3) is 2.79. The van der Waals surface area contributed by atoms with E-state index in [-0.39, 0.29) is 29.1 Å². The molecule has 1 aliphatic rings. The maximum absolute atomic E-state index is 11.9. The Bertz CT molecular complexity index is 1660. The number of phenols is 3. The van der Waals surface area contributed by atoms with Crippen LogP contribution in [0.4, 0.5) is 0 Å². The molecule has 3 aromatic carbocycles. The predicted octanol–water partition coefficient (Wildman–Crippen LogP) is 3.55. The van der Waals surface area contributed by atoms with Crippen molar-refractivity contribution in [1.29, 1.82) is 0 Å². The van der Waals surface area contributed by atoms with Crippen molar-refractivity contribution in [3.05, 3.63) is 63.8 Å². The average Bonchev–Trinajstić information content (AvgIpc) is 2.77. The first-order chi connectivity index (χ1) is 15.8. The van der Waals surface area contributed by atoms with Crippen molar-refractivity contribution < 1.29 is 39.1 Å². The van der Waals surface area contributed by atoms with E-state index in [0.29, 0.717) is 38.6 Å². The quantitative estimate of drug-likeness (QED) is 0.147. The van der Waals surface area contributed by atoms with Crippen LogP contribution in [-0.4, -0.2) is 31.6 Å². The van der Waals surface area contributed by atoms with Crippen LogP contribution in [0.3, 0.4) is 0 Å². The van der Waals surface area contributed by atoms with Crippen LogP contribution in [0.15, 0.2) is 56.1 Å². The van der Waals surface area contributed by atoms with Crippen molar-refractivity contribution in [1.82, 2.24) is 0 Å². The van der Waals surface area contributed by atoms with Gasteiger partial charge >= 0.3 is 0 Å². The van der Waals surface area contributed by atoms with E-state index < -0.39 is 29.3 Å². The molecule has 0 radical (unpaired) electrons. The van der Waals surface area contributed by atoms with E-state index in [1.807, 2.05) is 0 Å². The van der Waals surface area contributed by atoms with E-state index in [0.717, 1.165) is 6.07 Å². The molecular weight excluding hydrogens is 432 g/mol. The molecule has 0 bridgehead atoms.